The third-order valence-corrected chi connectivity index (χ3v) is 5.82. The highest BCUT2D eigenvalue weighted by Gasteiger charge is 2.29. The van der Waals surface area contributed by atoms with Crippen LogP contribution in [-0.2, 0) is 0 Å². The molecule has 1 aliphatic rings. The molecule has 6 nitrogen and oxygen atoms in total. The molecule has 32 heavy (non-hydrogen) atoms. The van der Waals surface area contributed by atoms with Crippen LogP contribution in [0.2, 0.25) is 0 Å². The molecule has 6 rings (SSSR count). The van der Waals surface area contributed by atoms with Gasteiger partial charge < -0.3 is 10.1 Å². The smallest absolute Gasteiger partial charge is 0.150 e. The van der Waals surface area contributed by atoms with Gasteiger partial charge in [0.1, 0.15) is 23.0 Å². The monoisotopic (exact) mass is 425 g/mol. The van der Waals surface area contributed by atoms with Crippen molar-refractivity contribution >= 4 is 16.6 Å². The quantitative estimate of drug-likeness (QED) is 0.465. The van der Waals surface area contributed by atoms with Crippen LogP contribution in [0.3, 0.4) is 0 Å². The standard InChI is InChI=1S/C25H20FN5O/c26-19-13-28-15-23(19)32-22-5-1-3-16-6-7-20(30-25(16)22)21-14-29-24-11-17(8-10-31(21)24)18-4-2-9-27-12-18/h1-12,14,19,23,28H,13,15H2/t19-,23+/m0/s1. The van der Waals surface area contributed by atoms with Gasteiger partial charge in [0.2, 0.25) is 0 Å². The molecule has 1 N–H and O–H groups in total. The lowest BCUT2D eigenvalue weighted by atomic mass is 10.1. The molecular weight excluding hydrogens is 405 g/mol. The van der Waals surface area contributed by atoms with Crippen LogP contribution >= 0.6 is 0 Å². The molecule has 2 atom stereocenters. The molecular formula is C25H20FN5O. The summed E-state index contributed by atoms with van der Waals surface area (Å²) in [5.74, 6) is 0.591. The van der Waals surface area contributed by atoms with Crippen molar-refractivity contribution in [2.75, 3.05) is 13.1 Å². The number of aromatic nitrogens is 4. The maximum Gasteiger partial charge on any atom is 0.150 e. The predicted octanol–water partition coefficient (Wildman–Crippen LogP) is 4.30. The van der Waals surface area contributed by atoms with Crippen molar-refractivity contribution in [3.8, 4) is 28.3 Å². The molecule has 0 radical (unpaired) electrons. The number of rotatable bonds is 4. The first-order valence-electron chi connectivity index (χ1n) is 10.6. The highest BCUT2D eigenvalue weighted by atomic mass is 19.1. The Hall–Kier alpha value is -3.84. The van der Waals surface area contributed by atoms with E-state index in [1.54, 1.807) is 6.20 Å². The molecule has 4 aromatic heterocycles. The predicted molar refractivity (Wildman–Crippen MR) is 121 cm³/mol. The van der Waals surface area contributed by atoms with Crippen LogP contribution in [-0.4, -0.2) is 44.7 Å². The molecule has 1 saturated heterocycles. The number of alkyl halides is 1. The number of pyridine rings is 3. The molecule has 0 bridgehead atoms. The largest absolute Gasteiger partial charge is 0.484 e. The topological polar surface area (TPSA) is 64.3 Å². The Labute approximate surface area is 183 Å². The Kier molecular flexibility index (Phi) is 4.54. The highest BCUT2D eigenvalue weighted by Crippen LogP contribution is 2.30. The van der Waals surface area contributed by atoms with E-state index in [1.807, 2.05) is 77.6 Å². The van der Waals surface area contributed by atoms with E-state index in [9.17, 15) is 4.39 Å². The minimum absolute atomic E-state index is 0.316. The number of fused-ring (bicyclic) bond motifs is 2. The molecule has 5 heterocycles. The first-order valence-corrected chi connectivity index (χ1v) is 10.6. The van der Waals surface area contributed by atoms with Gasteiger partial charge in [0.05, 0.1) is 17.6 Å². The molecule has 0 saturated carbocycles. The molecule has 0 aliphatic carbocycles. The zero-order valence-electron chi connectivity index (χ0n) is 17.1. The van der Waals surface area contributed by atoms with Crippen LogP contribution in [0.25, 0.3) is 39.1 Å². The maximum absolute atomic E-state index is 14.1. The van der Waals surface area contributed by atoms with Crippen molar-refractivity contribution in [3.63, 3.8) is 0 Å². The number of hydrogen-bond donors (Lipinski definition) is 1. The van der Waals surface area contributed by atoms with Crippen molar-refractivity contribution in [3.05, 3.63) is 79.4 Å². The molecule has 5 aromatic rings. The second-order valence-electron chi connectivity index (χ2n) is 7.88. The van der Waals surface area contributed by atoms with Crippen LogP contribution in [0.5, 0.6) is 5.75 Å². The molecule has 0 unspecified atom stereocenters. The lowest BCUT2D eigenvalue weighted by Crippen LogP contribution is -2.27. The summed E-state index contributed by atoms with van der Waals surface area (Å²) in [6.45, 7) is 0.806. The lowest BCUT2D eigenvalue weighted by Gasteiger charge is -2.16. The average molecular weight is 425 g/mol. The number of halogens is 1. The summed E-state index contributed by atoms with van der Waals surface area (Å²) in [5, 5.41) is 3.97. The van der Waals surface area contributed by atoms with Crippen LogP contribution in [0.15, 0.2) is 79.4 Å². The van der Waals surface area contributed by atoms with Crippen LogP contribution in [0.1, 0.15) is 0 Å². The summed E-state index contributed by atoms with van der Waals surface area (Å²) in [5.41, 5.74) is 5.28. The molecule has 1 fully saturated rings. The Morgan fingerprint density at radius 1 is 1.00 bits per heavy atom. The number of nitrogens with one attached hydrogen (secondary N) is 1. The van der Waals surface area contributed by atoms with Gasteiger partial charge in [-0.3, -0.25) is 9.38 Å². The number of benzene rings is 1. The molecule has 1 aromatic carbocycles. The van der Waals surface area contributed by atoms with E-state index in [0.29, 0.717) is 24.4 Å². The van der Waals surface area contributed by atoms with Gasteiger partial charge in [-0.05, 0) is 35.9 Å². The fourth-order valence-electron chi connectivity index (χ4n) is 4.14. The Bertz CT molecular complexity index is 1420. The number of nitrogens with zero attached hydrogens (tertiary/aromatic N) is 4. The summed E-state index contributed by atoms with van der Waals surface area (Å²) in [4.78, 5) is 13.7. The summed E-state index contributed by atoms with van der Waals surface area (Å²) >= 11 is 0. The van der Waals surface area contributed by atoms with Gasteiger partial charge in [0, 0.05) is 42.6 Å². The van der Waals surface area contributed by atoms with Crippen molar-refractivity contribution in [1.29, 1.82) is 0 Å². The van der Waals surface area contributed by atoms with Gasteiger partial charge in [-0.15, -0.1) is 0 Å². The molecule has 1 aliphatic heterocycles. The summed E-state index contributed by atoms with van der Waals surface area (Å²) < 4.78 is 22.1. The Balaban J connectivity index is 1.40. The van der Waals surface area contributed by atoms with Crippen LogP contribution in [0, 0.1) is 0 Å². The number of para-hydroxylation sites is 1. The maximum atomic E-state index is 14.1. The SMILES string of the molecule is F[C@H]1CNC[C@H]1Oc1cccc2ccc(-c3cnc4cc(-c5cccnc5)ccn34)nc12. The third-order valence-electron chi connectivity index (χ3n) is 5.82. The molecule has 0 spiro atoms. The second kappa shape index (κ2) is 7.69. The zero-order chi connectivity index (χ0) is 21.5. The molecule has 7 heteroatoms. The van der Waals surface area contributed by atoms with E-state index >= 15 is 0 Å². The summed E-state index contributed by atoms with van der Waals surface area (Å²) in [6.07, 6.45) is 5.87. The van der Waals surface area contributed by atoms with E-state index in [1.165, 1.54) is 0 Å². The molecule has 158 valence electrons. The minimum Gasteiger partial charge on any atom is -0.484 e. The van der Waals surface area contributed by atoms with E-state index < -0.39 is 12.3 Å². The van der Waals surface area contributed by atoms with Crippen molar-refractivity contribution in [2.45, 2.75) is 12.3 Å². The number of imidazole rings is 1. The first kappa shape index (κ1) is 18.9. The van der Waals surface area contributed by atoms with Gasteiger partial charge in [0.15, 0.2) is 6.17 Å². The van der Waals surface area contributed by atoms with Crippen molar-refractivity contribution in [1.82, 2.24) is 24.7 Å². The van der Waals surface area contributed by atoms with E-state index in [2.05, 4.69) is 15.3 Å². The summed E-state index contributed by atoms with van der Waals surface area (Å²) in [6, 6.07) is 17.7. The van der Waals surface area contributed by atoms with E-state index in [4.69, 9.17) is 9.72 Å². The fraction of sp³-hybridized carbons (Fsp3) is 0.160. The first-order chi connectivity index (χ1) is 15.8. The Morgan fingerprint density at radius 2 is 1.97 bits per heavy atom. The average Bonchev–Trinajstić information content (AvgIpc) is 3.45. The van der Waals surface area contributed by atoms with Gasteiger partial charge in [-0.25, -0.2) is 14.4 Å². The van der Waals surface area contributed by atoms with E-state index in [-0.39, 0.29) is 0 Å². The van der Waals surface area contributed by atoms with Gasteiger partial charge in [-0.1, -0.05) is 24.3 Å². The fourth-order valence-corrected chi connectivity index (χ4v) is 4.14. The van der Waals surface area contributed by atoms with Gasteiger partial charge in [-0.2, -0.15) is 0 Å². The van der Waals surface area contributed by atoms with Gasteiger partial charge >= 0.3 is 0 Å². The number of ether oxygens (including phenoxy) is 1. The normalized spacial score (nSPS) is 18.4. The van der Waals surface area contributed by atoms with E-state index in [0.717, 1.165) is 33.5 Å². The number of hydrogen-bond acceptors (Lipinski definition) is 5. The minimum atomic E-state index is -1.03. The second-order valence-corrected chi connectivity index (χ2v) is 7.88. The van der Waals surface area contributed by atoms with Crippen molar-refractivity contribution < 1.29 is 9.13 Å². The van der Waals surface area contributed by atoms with Crippen molar-refractivity contribution in [2.24, 2.45) is 0 Å². The summed E-state index contributed by atoms with van der Waals surface area (Å²) in [7, 11) is 0. The van der Waals surface area contributed by atoms with Gasteiger partial charge in [0.25, 0.3) is 0 Å². The highest BCUT2D eigenvalue weighted by molar-refractivity contribution is 5.86. The third kappa shape index (κ3) is 3.27. The van der Waals surface area contributed by atoms with Crippen LogP contribution in [0.4, 0.5) is 4.39 Å². The zero-order valence-corrected chi connectivity index (χ0v) is 17.1. The Morgan fingerprint density at radius 3 is 2.81 bits per heavy atom. The van der Waals surface area contributed by atoms with Crippen LogP contribution < -0.4 is 10.1 Å². The lowest BCUT2D eigenvalue weighted by molar-refractivity contribution is 0.141. The molecule has 0 amide bonds.